The number of hydrogen-bond donors (Lipinski definition) is 1. The molecule has 1 saturated heterocycles. The van der Waals surface area contributed by atoms with Crippen LogP contribution >= 0.6 is 11.8 Å². The van der Waals surface area contributed by atoms with Gasteiger partial charge < -0.3 is 5.32 Å². The van der Waals surface area contributed by atoms with E-state index in [1.165, 1.54) is 12.1 Å². The van der Waals surface area contributed by atoms with Gasteiger partial charge in [0.25, 0.3) is 11.1 Å². The van der Waals surface area contributed by atoms with Gasteiger partial charge in [0.1, 0.15) is 0 Å². The smallest absolute Gasteiger partial charge is 0.365 e. The van der Waals surface area contributed by atoms with Gasteiger partial charge in [-0.1, -0.05) is 12.1 Å². The SMILES string of the molecule is Cc1ccc(N2C(=O)SC(Nc3cccc(C(F)(F)F)c3)C2=O)cc1C. The Labute approximate surface area is 152 Å². The summed E-state index contributed by atoms with van der Waals surface area (Å²) in [5.41, 5.74) is 1.71. The van der Waals surface area contributed by atoms with Gasteiger partial charge in [-0.25, -0.2) is 4.90 Å². The number of halogens is 3. The van der Waals surface area contributed by atoms with Gasteiger partial charge in [-0.2, -0.15) is 13.2 Å². The summed E-state index contributed by atoms with van der Waals surface area (Å²) in [6.07, 6.45) is -4.48. The molecule has 0 aliphatic carbocycles. The standard InChI is InChI=1S/C18H15F3N2O2S/c1-10-6-7-14(8-11(10)2)23-16(24)15(26-17(23)25)22-13-5-3-4-12(9-13)18(19,20)21/h3-9,15,22H,1-2H3. The summed E-state index contributed by atoms with van der Waals surface area (Å²) < 4.78 is 38.4. The molecule has 136 valence electrons. The highest BCUT2D eigenvalue weighted by Gasteiger charge is 2.41. The summed E-state index contributed by atoms with van der Waals surface area (Å²) >= 11 is 0.740. The normalized spacial score (nSPS) is 17.7. The minimum Gasteiger partial charge on any atom is -0.365 e. The third-order valence-electron chi connectivity index (χ3n) is 4.08. The number of imide groups is 1. The Kier molecular flexibility index (Phi) is 4.70. The number of nitrogens with one attached hydrogen (secondary N) is 1. The Bertz CT molecular complexity index is 883. The van der Waals surface area contributed by atoms with Crippen molar-refractivity contribution in [3.8, 4) is 0 Å². The average Bonchev–Trinajstić information content (AvgIpc) is 2.84. The zero-order chi connectivity index (χ0) is 19.1. The zero-order valence-corrected chi connectivity index (χ0v) is 14.7. The van der Waals surface area contributed by atoms with Crippen molar-refractivity contribution in [2.45, 2.75) is 25.4 Å². The molecule has 1 unspecified atom stereocenters. The molecule has 3 rings (SSSR count). The first-order valence-corrected chi connectivity index (χ1v) is 8.60. The number of carbonyl (C=O) groups excluding carboxylic acids is 2. The van der Waals surface area contributed by atoms with Crippen LogP contribution in [0.25, 0.3) is 0 Å². The van der Waals surface area contributed by atoms with Crippen LogP contribution in [0, 0.1) is 13.8 Å². The number of amides is 2. The number of nitrogens with zero attached hydrogens (tertiary/aromatic N) is 1. The molecule has 1 N–H and O–H groups in total. The van der Waals surface area contributed by atoms with E-state index >= 15 is 0 Å². The van der Waals surface area contributed by atoms with Crippen LogP contribution in [0.4, 0.5) is 29.3 Å². The van der Waals surface area contributed by atoms with E-state index in [1.54, 1.807) is 12.1 Å². The monoisotopic (exact) mass is 380 g/mol. The predicted octanol–water partition coefficient (Wildman–Crippen LogP) is 4.96. The highest BCUT2D eigenvalue weighted by molar-refractivity contribution is 8.16. The van der Waals surface area contributed by atoms with Crippen molar-refractivity contribution >= 4 is 34.3 Å². The lowest BCUT2D eigenvalue weighted by Crippen LogP contribution is -2.34. The first-order valence-electron chi connectivity index (χ1n) is 7.72. The highest BCUT2D eigenvalue weighted by Crippen LogP contribution is 2.35. The fourth-order valence-electron chi connectivity index (χ4n) is 2.54. The summed E-state index contributed by atoms with van der Waals surface area (Å²) in [5, 5.41) is 1.26. The van der Waals surface area contributed by atoms with Gasteiger partial charge in [0.05, 0.1) is 11.3 Å². The van der Waals surface area contributed by atoms with Crippen molar-refractivity contribution < 1.29 is 22.8 Å². The lowest BCUT2D eigenvalue weighted by Gasteiger charge is -2.16. The van der Waals surface area contributed by atoms with Gasteiger partial charge in [-0.15, -0.1) is 0 Å². The van der Waals surface area contributed by atoms with E-state index in [0.717, 1.165) is 39.9 Å². The van der Waals surface area contributed by atoms with Gasteiger partial charge >= 0.3 is 6.18 Å². The number of aryl methyl sites for hydroxylation is 2. The van der Waals surface area contributed by atoms with Crippen LogP contribution in [0.3, 0.4) is 0 Å². The van der Waals surface area contributed by atoms with E-state index < -0.39 is 28.3 Å². The van der Waals surface area contributed by atoms with Gasteiger partial charge in [-0.05, 0) is 67.1 Å². The minimum atomic E-state index is -4.48. The van der Waals surface area contributed by atoms with E-state index in [1.807, 2.05) is 19.9 Å². The topological polar surface area (TPSA) is 49.4 Å². The average molecular weight is 380 g/mol. The molecular formula is C18H15F3N2O2S. The lowest BCUT2D eigenvalue weighted by molar-refractivity contribution is -0.137. The Morgan fingerprint density at radius 2 is 1.77 bits per heavy atom. The van der Waals surface area contributed by atoms with Gasteiger partial charge in [-0.3, -0.25) is 9.59 Å². The fourth-order valence-corrected chi connectivity index (χ4v) is 3.44. The van der Waals surface area contributed by atoms with Crippen LogP contribution in [-0.4, -0.2) is 16.5 Å². The fraction of sp³-hybridized carbons (Fsp3) is 0.222. The van der Waals surface area contributed by atoms with Gasteiger partial charge in [0, 0.05) is 5.69 Å². The number of hydrogen-bond acceptors (Lipinski definition) is 4. The van der Waals surface area contributed by atoms with Crippen molar-refractivity contribution in [1.29, 1.82) is 0 Å². The van der Waals surface area contributed by atoms with Crippen molar-refractivity contribution in [3.63, 3.8) is 0 Å². The Hall–Kier alpha value is -2.48. The summed E-state index contributed by atoms with van der Waals surface area (Å²) in [4.78, 5) is 25.9. The molecule has 2 aromatic carbocycles. The molecule has 1 aliphatic rings. The first-order chi connectivity index (χ1) is 12.2. The van der Waals surface area contributed by atoms with Crippen LogP contribution in [0.5, 0.6) is 0 Å². The molecule has 4 nitrogen and oxygen atoms in total. The number of thioether (sulfide) groups is 1. The third-order valence-corrected chi connectivity index (χ3v) is 5.02. The van der Waals surface area contributed by atoms with E-state index in [4.69, 9.17) is 0 Å². The maximum Gasteiger partial charge on any atom is 0.416 e. The van der Waals surface area contributed by atoms with Crippen LogP contribution in [-0.2, 0) is 11.0 Å². The molecule has 1 fully saturated rings. The second-order valence-electron chi connectivity index (χ2n) is 5.93. The van der Waals surface area contributed by atoms with E-state index in [0.29, 0.717) is 5.69 Å². The number of alkyl halides is 3. The van der Waals surface area contributed by atoms with Crippen molar-refractivity contribution in [1.82, 2.24) is 0 Å². The largest absolute Gasteiger partial charge is 0.416 e. The van der Waals surface area contributed by atoms with Crippen LogP contribution < -0.4 is 10.2 Å². The van der Waals surface area contributed by atoms with Gasteiger partial charge in [0.2, 0.25) is 0 Å². The number of anilines is 2. The second kappa shape index (κ2) is 6.68. The van der Waals surface area contributed by atoms with Crippen molar-refractivity contribution in [3.05, 3.63) is 59.2 Å². The predicted molar refractivity (Wildman–Crippen MR) is 95.2 cm³/mol. The molecule has 2 amide bonds. The summed E-state index contributed by atoms with van der Waals surface area (Å²) in [7, 11) is 0. The molecule has 8 heteroatoms. The molecule has 26 heavy (non-hydrogen) atoms. The Morgan fingerprint density at radius 1 is 1.04 bits per heavy atom. The quantitative estimate of drug-likeness (QED) is 0.818. The Balaban J connectivity index is 1.82. The van der Waals surface area contributed by atoms with E-state index in [2.05, 4.69) is 5.32 Å². The molecule has 0 spiro atoms. The van der Waals surface area contributed by atoms with Crippen LogP contribution in [0.1, 0.15) is 16.7 Å². The van der Waals surface area contributed by atoms with E-state index in [9.17, 15) is 22.8 Å². The molecule has 0 bridgehead atoms. The molecule has 1 atom stereocenters. The molecule has 1 aliphatic heterocycles. The van der Waals surface area contributed by atoms with Crippen LogP contribution in [0.2, 0.25) is 0 Å². The summed E-state index contributed by atoms with van der Waals surface area (Å²) in [5.74, 6) is -0.513. The first kappa shape index (κ1) is 18.3. The summed E-state index contributed by atoms with van der Waals surface area (Å²) in [6, 6.07) is 9.75. The van der Waals surface area contributed by atoms with Gasteiger partial charge in [0.15, 0.2) is 5.37 Å². The van der Waals surface area contributed by atoms with Crippen molar-refractivity contribution in [2.75, 3.05) is 10.2 Å². The third kappa shape index (κ3) is 3.55. The highest BCUT2D eigenvalue weighted by atomic mass is 32.2. The van der Waals surface area contributed by atoms with Crippen molar-refractivity contribution in [2.24, 2.45) is 0 Å². The zero-order valence-electron chi connectivity index (χ0n) is 13.9. The molecular weight excluding hydrogens is 365 g/mol. The number of benzene rings is 2. The number of rotatable bonds is 3. The van der Waals surface area contributed by atoms with Crippen LogP contribution in [0.15, 0.2) is 42.5 Å². The maximum absolute atomic E-state index is 12.8. The second-order valence-corrected chi connectivity index (χ2v) is 6.99. The maximum atomic E-state index is 12.8. The molecule has 0 radical (unpaired) electrons. The molecule has 1 heterocycles. The minimum absolute atomic E-state index is 0.125. The lowest BCUT2D eigenvalue weighted by atomic mass is 10.1. The molecule has 0 aromatic heterocycles. The Morgan fingerprint density at radius 3 is 2.42 bits per heavy atom. The number of carbonyl (C=O) groups is 2. The summed E-state index contributed by atoms with van der Waals surface area (Å²) in [6.45, 7) is 3.79. The van der Waals surface area contributed by atoms with E-state index in [-0.39, 0.29) is 5.69 Å². The molecule has 0 saturated carbocycles. The molecule has 2 aromatic rings.